The molecule has 92 valence electrons. The van der Waals surface area contributed by atoms with E-state index in [4.69, 9.17) is 4.74 Å². The molecule has 1 aliphatic rings. The first kappa shape index (κ1) is 12.8. The molecule has 1 fully saturated rings. The zero-order chi connectivity index (χ0) is 12.3. The van der Waals surface area contributed by atoms with Crippen molar-refractivity contribution < 1.29 is 19.4 Å². The highest BCUT2D eigenvalue weighted by molar-refractivity contribution is 5.81. The summed E-state index contributed by atoms with van der Waals surface area (Å²) in [6.07, 6.45) is -0.0690. The Balaban J connectivity index is 2.50. The summed E-state index contributed by atoms with van der Waals surface area (Å²) in [5.41, 5.74) is 0. The van der Waals surface area contributed by atoms with E-state index in [1.54, 1.807) is 4.90 Å². The number of carboxylic acids is 1. The minimum absolute atomic E-state index is 0.0345. The molecule has 0 unspecified atom stereocenters. The molecule has 0 aromatic carbocycles. The number of carboxylic acid groups (broad SMARTS) is 1. The van der Waals surface area contributed by atoms with Crippen molar-refractivity contribution in [2.24, 2.45) is 0 Å². The molecule has 6 nitrogen and oxygen atoms in total. The van der Waals surface area contributed by atoms with Crippen molar-refractivity contribution in [3.8, 4) is 0 Å². The fourth-order valence-electron chi connectivity index (χ4n) is 1.68. The van der Waals surface area contributed by atoms with Crippen LogP contribution < -0.4 is 10.4 Å². The SMILES string of the molecule is C[C@@H]1CN(C(=O)N[C@@H](C)C(=O)[O-])C[C@H](C)O1. The predicted octanol–water partition coefficient (Wildman–Crippen LogP) is -1.06. The third kappa shape index (κ3) is 3.37. The second-order valence-corrected chi connectivity index (χ2v) is 4.15. The highest BCUT2D eigenvalue weighted by Gasteiger charge is 2.26. The van der Waals surface area contributed by atoms with Crippen LogP contribution in [0.15, 0.2) is 0 Å². The Bertz CT molecular complexity index is 272. The normalized spacial score (nSPS) is 27.3. The summed E-state index contributed by atoms with van der Waals surface area (Å²) in [7, 11) is 0. The second-order valence-electron chi connectivity index (χ2n) is 4.15. The molecule has 1 saturated heterocycles. The molecule has 1 heterocycles. The van der Waals surface area contributed by atoms with Crippen LogP contribution >= 0.6 is 0 Å². The zero-order valence-electron chi connectivity index (χ0n) is 9.73. The van der Waals surface area contributed by atoms with E-state index in [-0.39, 0.29) is 12.2 Å². The molecule has 1 aliphatic heterocycles. The molecule has 16 heavy (non-hydrogen) atoms. The first-order valence-electron chi connectivity index (χ1n) is 5.32. The van der Waals surface area contributed by atoms with Gasteiger partial charge in [0.1, 0.15) is 0 Å². The van der Waals surface area contributed by atoms with Crippen LogP contribution in [0, 0.1) is 0 Å². The third-order valence-corrected chi connectivity index (χ3v) is 2.40. The van der Waals surface area contributed by atoms with Crippen LogP contribution in [0.4, 0.5) is 4.79 Å². The van der Waals surface area contributed by atoms with Crippen LogP contribution in [0.3, 0.4) is 0 Å². The summed E-state index contributed by atoms with van der Waals surface area (Å²) in [5, 5.41) is 12.8. The van der Waals surface area contributed by atoms with Crippen molar-refractivity contribution in [1.29, 1.82) is 0 Å². The average Bonchev–Trinajstić information content (AvgIpc) is 2.15. The maximum atomic E-state index is 11.7. The zero-order valence-corrected chi connectivity index (χ0v) is 9.73. The number of nitrogens with zero attached hydrogens (tertiary/aromatic N) is 1. The molecule has 0 aromatic heterocycles. The van der Waals surface area contributed by atoms with Crippen LogP contribution in [0.2, 0.25) is 0 Å². The summed E-state index contributed by atoms with van der Waals surface area (Å²) in [4.78, 5) is 23.7. The van der Waals surface area contributed by atoms with Gasteiger partial charge in [0.05, 0.1) is 24.2 Å². The van der Waals surface area contributed by atoms with Gasteiger partial charge in [0, 0.05) is 13.1 Å². The molecular formula is C10H17N2O4-. The van der Waals surface area contributed by atoms with E-state index in [2.05, 4.69) is 5.32 Å². The minimum Gasteiger partial charge on any atom is -0.548 e. The van der Waals surface area contributed by atoms with Crippen LogP contribution in [-0.4, -0.2) is 48.2 Å². The highest BCUT2D eigenvalue weighted by atomic mass is 16.5. The molecule has 1 N–H and O–H groups in total. The summed E-state index contributed by atoms with van der Waals surface area (Å²) in [6, 6.07) is -1.38. The molecule has 1 rings (SSSR count). The Morgan fingerprint density at radius 3 is 2.31 bits per heavy atom. The Morgan fingerprint density at radius 2 is 1.88 bits per heavy atom. The molecule has 0 spiro atoms. The van der Waals surface area contributed by atoms with Gasteiger partial charge in [-0.2, -0.15) is 0 Å². The standard InChI is InChI=1S/C10H18N2O4/c1-6-4-12(5-7(2)16-6)10(15)11-8(3)9(13)14/h6-8H,4-5H2,1-3H3,(H,11,15)(H,13,14)/p-1/t6-,7+,8-/m0/s1. The van der Waals surface area contributed by atoms with Gasteiger partial charge in [0.2, 0.25) is 0 Å². The third-order valence-electron chi connectivity index (χ3n) is 2.40. The predicted molar refractivity (Wildman–Crippen MR) is 54.6 cm³/mol. The smallest absolute Gasteiger partial charge is 0.318 e. The van der Waals surface area contributed by atoms with Gasteiger partial charge in [-0.3, -0.25) is 0 Å². The number of hydrogen-bond acceptors (Lipinski definition) is 4. The summed E-state index contributed by atoms with van der Waals surface area (Å²) < 4.78 is 5.47. The Hall–Kier alpha value is -1.30. The average molecular weight is 229 g/mol. The lowest BCUT2D eigenvalue weighted by Crippen LogP contribution is -2.55. The van der Waals surface area contributed by atoms with Gasteiger partial charge in [0.15, 0.2) is 0 Å². The monoisotopic (exact) mass is 229 g/mol. The molecule has 2 amide bonds. The number of ether oxygens (including phenoxy) is 1. The number of carbonyl (C=O) groups excluding carboxylic acids is 2. The van der Waals surface area contributed by atoms with Crippen LogP contribution in [0.1, 0.15) is 20.8 Å². The van der Waals surface area contributed by atoms with Gasteiger partial charge in [-0.15, -0.1) is 0 Å². The lowest BCUT2D eigenvalue weighted by atomic mass is 10.2. The lowest BCUT2D eigenvalue weighted by Gasteiger charge is -2.35. The van der Waals surface area contributed by atoms with Crippen molar-refractivity contribution in [2.45, 2.75) is 39.0 Å². The van der Waals surface area contributed by atoms with E-state index in [0.29, 0.717) is 13.1 Å². The number of nitrogens with one attached hydrogen (secondary N) is 1. The van der Waals surface area contributed by atoms with E-state index >= 15 is 0 Å². The number of aliphatic carboxylic acids is 1. The molecule has 0 aliphatic carbocycles. The Labute approximate surface area is 94.6 Å². The van der Waals surface area contributed by atoms with Crippen molar-refractivity contribution >= 4 is 12.0 Å². The van der Waals surface area contributed by atoms with E-state index in [0.717, 1.165) is 0 Å². The number of amides is 2. The van der Waals surface area contributed by atoms with E-state index < -0.39 is 18.0 Å². The van der Waals surface area contributed by atoms with Gasteiger partial charge in [-0.05, 0) is 20.8 Å². The minimum atomic E-state index is -1.29. The quantitative estimate of drug-likeness (QED) is 0.654. The highest BCUT2D eigenvalue weighted by Crippen LogP contribution is 2.10. The van der Waals surface area contributed by atoms with E-state index in [1.165, 1.54) is 6.92 Å². The number of carbonyl (C=O) groups is 2. The van der Waals surface area contributed by atoms with Crippen LogP contribution in [0.5, 0.6) is 0 Å². The molecule has 3 atom stereocenters. The van der Waals surface area contributed by atoms with Crippen molar-refractivity contribution in [2.75, 3.05) is 13.1 Å². The molecule has 0 saturated carbocycles. The number of rotatable bonds is 2. The van der Waals surface area contributed by atoms with Crippen LogP contribution in [0.25, 0.3) is 0 Å². The summed E-state index contributed by atoms with van der Waals surface area (Å²) >= 11 is 0. The molecular weight excluding hydrogens is 212 g/mol. The van der Waals surface area contributed by atoms with Crippen molar-refractivity contribution in [1.82, 2.24) is 10.2 Å². The fraction of sp³-hybridized carbons (Fsp3) is 0.800. The Kier molecular flexibility index (Phi) is 4.12. The van der Waals surface area contributed by atoms with Crippen molar-refractivity contribution in [3.05, 3.63) is 0 Å². The first-order valence-corrected chi connectivity index (χ1v) is 5.32. The largest absolute Gasteiger partial charge is 0.548 e. The van der Waals surface area contributed by atoms with Gasteiger partial charge in [-0.1, -0.05) is 0 Å². The van der Waals surface area contributed by atoms with E-state index in [9.17, 15) is 14.7 Å². The maximum Gasteiger partial charge on any atom is 0.318 e. The Morgan fingerprint density at radius 1 is 1.38 bits per heavy atom. The molecule has 0 radical (unpaired) electrons. The van der Waals surface area contributed by atoms with Crippen LogP contribution in [-0.2, 0) is 9.53 Å². The second kappa shape index (κ2) is 5.16. The van der Waals surface area contributed by atoms with Gasteiger partial charge < -0.3 is 24.9 Å². The van der Waals surface area contributed by atoms with Gasteiger partial charge in [-0.25, -0.2) is 4.79 Å². The number of hydrogen-bond donors (Lipinski definition) is 1. The summed E-state index contributed by atoms with van der Waals surface area (Å²) in [5.74, 6) is -1.29. The van der Waals surface area contributed by atoms with Crippen molar-refractivity contribution in [3.63, 3.8) is 0 Å². The molecule has 6 heteroatoms. The molecule has 0 bridgehead atoms. The maximum absolute atomic E-state index is 11.7. The van der Waals surface area contributed by atoms with Gasteiger partial charge in [0.25, 0.3) is 0 Å². The summed E-state index contributed by atoms with van der Waals surface area (Å²) in [6.45, 7) is 6.06. The molecule has 0 aromatic rings. The van der Waals surface area contributed by atoms with E-state index in [1.807, 2.05) is 13.8 Å². The number of morpholine rings is 1. The fourth-order valence-corrected chi connectivity index (χ4v) is 1.68. The first-order chi connectivity index (χ1) is 7.40. The lowest BCUT2D eigenvalue weighted by molar-refractivity contribution is -0.307. The topological polar surface area (TPSA) is 81.7 Å². The van der Waals surface area contributed by atoms with Gasteiger partial charge >= 0.3 is 6.03 Å². The number of urea groups is 1.